The van der Waals surface area contributed by atoms with Crippen LogP contribution in [0.4, 0.5) is 0 Å². The molecule has 0 spiro atoms. The van der Waals surface area contributed by atoms with Crippen LogP contribution in [0.5, 0.6) is 0 Å². The van der Waals surface area contributed by atoms with Crippen LogP contribution in [-0.2, 0) is 11.3 Å². The van der Waals surface area contributed by atoms with E-state index in [1.54, 1.807) is 6.07 Å². The van der Waals surface area contributed by atoms with Gasteiger partial charge in [0.15, 0.2) is 0 Å². The molecule has 2 aromatic heterocycles. The van der Waals surface area contributed by atoms with Crippen LogP contribution in [0.2, 0.25) is 0 Å². The average Bonchev–Trinajstić information content (AvgIpc) is 3.09. The lowest BCUT2D eigenvalue weighted by Gasteiger charge is -2.30. The van der Waals surface area contributed by atoms with Crippen LogP contribution in [0.25, 0.3) is 10.2 Å². The maximum absolute atomic E-state index is 12.3. The van der Waals surface area contributed by atoms with Gasteiger partial charge in [-0.1, -0.05) is 19.3 Å². The average molecular weight is 348 g/mol. The largest absolute Gasteiger partial charge is 0.352 e. The van der Waals surface area contributed by atoms with Crippen LogP contribution in [-0.4, -0.2) is 28.0 Å². The Balaban J connectivity index is 1.57. The van der Waals surface area contributed by atoms with Crippen LogP contribution in [0.3, 0.4) is 0 Å². The number of carbonyl (C=O) groups excluding carboxylic acids is 1. The molecule has 1 fully saturated rings. The number of nitrogens with zero attached hydrogens (tertiary/aromatic N) is 2. The van der Waals surface area contributed by atoms with Crippen molar-refractivity contribution >= 4 is 27.5 Å². The maximum Gasteiger partial charge on any atom is 0.262 e. The summed E-state index contributed by atoms with van der Waals surface area (Å²) in [6.07, 6.45) is 7.79. The van der Waals surface area contributed by atoms with E-state index in [1.165, 1.54) is 41.5 Å². The van der Waals surface area contributed by atoms with Gasteiger partial charge in [-0.25, -0.2) is 4.98 Å². The van der Waals surface area contributed by atoms with Gasteiger partial charge in [0.05, 0.1) is 11.7 Å². The zero-order valence-corrected chi connectivity index (χ0v) is 14.6. The van der Waals surface area contributed by atoms with Crippen LogP contribution in [0.15, 0.2) is 22.6 Å². The number of aryl methyl sites for hydroxylation is 1. The first-order valence-corrected chi connectivity index (χ1v) is 9.49. The highest BCUT2D eigenvalue weighted by Crippen LogP contribution is 2.26. The number of nitrogens with two attached hydrogens (primary N) is 1. The summed E-state index contributed by atoms with van der Waals surface area (Å²) in [6.45, 7) is 0.810. The molecule has 0 saturated heterocycles. The molecule has 1 amide bonds. The number of fused-ring (bicyclic) bond motifs is 1. The summed E-state index contributed by atoms with van der Waals surface area (Å²) in [5.41, 5.74) is 5.77. The first-order chi connectivity index (χ1) is 11.7. The Kier molecular flexibility index (Phi) is 5.63. The van der Waals surface area contributed by atoms with Crippen molar-refractivity contribution in [1.82, 2.24) is 14.9 Å². The molecule has 1 unspecified atom stereocenters. The van der Waals surface area contributed by atoms with Gasteiger partial charge >= 0.3 is 0 Å². The zero-order valence-electron chi connectivity index (χ0n) is 13.7. The Labute approximate surface area is 145 Å². The van der Waals surface area contributed by atoms with E-state index in [9.17, 15) is 9.59 Å². The second-order valence-corrected chi connectivity index (χ2v) is 7.33. The highest BCUT2D eigenvalue weighted by atomic mass is 32.1. The summed E-state index contributed by atoms with van der Waals surface area (Å²) in [6, 6.07) is 1.83. The lowest BCUT2D eigenvalue weighted by molar-refractivity contribution is -0.122. The molecule has 130 valence electrons. The van der Waals surface area contributed by atoms with Crippen molar-refractivity contribution < 1.29 is 4.79 Å². The van der Waals surface area contributed by atoms with Gasteiger partial charge in [0.1, 0.15) is 4.83 Å². The molecule has 0 bridgehead atoms. The standard InChI is InChI=1S/C17H24N4O2S/c18-10-14(12-4-2-1-3-5-12)20-15(22)6-8-21-11-19-16-13(17(21)23)7-9-24-16/h7,9,11-12,14H,1-6,8,10,18H2,(H,20,22). The van der Waals surface area contributed by atoms with E-state index >= 15 is 0 Å². The fourth-order valence-corrected chi connectivity index (χ4v) is 4.18. The summed E-state index contributed by atoms with van der Waals surface area (Å²) in [5, 5.41) is 5.53. The van der Waals surface area contributed by atoms with Crippen LogP contribution >= 0.6 is 11.3 Å². The van der Waals surface area contributed by atoms with Gasteiger partial charge in [-0.15, -0.1) is 11.3 Å². The monoisotopic (exact) mass is 348 g/mol. The third kappa shape index (κ3) is 3.84. The molecular formula is C17H24N4O2S. The second-order valence-electron chi connectivity index (χ2n) is 6.44. The predicted octanol–water partition coefficient (Wildman–Crippen LogP) is 1.87. The Morgan fingerprint density at radius 1 is 1.42 bits per heavy atom. The lowest BCUT2D eigenvalue weighted by atomic mass is 9.84. The molecule has 3 rings (SSSR count). The Morgan fingerprint density at radius 3 is 2.96 bits per heavy atom. The molecule has 0 radical (unpaired) electrons. The van der Waals surface area contributed by atoms with Gasteiger partial charge < -0.3 is 11.1 Å². The van der Waals surface area contributed by atoms with E-state index < -0.39 is 0 Å². The number of thiophene rings is 1. The van der Waals surface area contributed by atoms with Crippen molar-refractivity contribution in [2.75, 3.05) is 6.54 Å². The van der Waals surface area contributed by atoms with E-state index in [0.29, 0.717) is 24.4 Å². The fraction of sp³-hybridized carbons (Fsp3) is 0.588. The van der Waals surface area contributed by atoms with Gasteiger partial charge in [-0.05, 0) is 30.2 Å². The molecule has 1 aliphatic carbocycles. The first kappa shape index (κ1) is 17.1. The summed E-state index contributed by atoms with van der Waals surface area (Å²) in [7, 11) is 0. The molecule has 1 aliphatic rings. The minimum Gasteiger partial charge on any atom is -0.352 e. The normalized spacial score (nSPS) is 17.0. The minimum absolute atomic E-state index is 0.0478. The molecule has 24 heavy (non-hydrogen) atoms. The molecule has 3 N–H and O–H groups in total. The van der Waals surface area contributed by atoms with E-state index in [0.717, 1.165) is 17.7 Å². The molecular weight excluding hydrogens is 324 g/mol. The molecule has 0 aromatic carbocycles. The maximum atomic E-state index is 12.3. The van der Waals surface area contributed by atoms with E-state index in [-0.39, 0.29) is 23.9 Å². The number of hydrogen-bond acceptors (Lipinski definition) is 5. The second kappa shape index (κ2) is 7.90. The quantitative estimate of drug-likeness (QED) is 0.834. The summed E-state index contributed by atoms with van der Waals surface area (Å²) < 4.78 is 1.51. The highest BCUT2D eigenvalue weighted by Gasteiger charge is 2.23. The van der Waals surface area contributed by atoms with Gasteiger partial charge in [0.2, 0.25) is 5.91 Å². The number of carbonyl (C=O) groups is 1. The van der Waals surface area contributed by atoms with Crippen LogP contribution in [0, 0.1) is 5.92 Å². The third-order valence-corrected chi connectivity index (χ3v) is 5.67. The SMILES string of the molecule is NCC(NC(=O)CCn1cnc2sccc2c1=O)C1CCCCC1. The van der Waals surface area contributed by atoms with Crippen molar-refractivity contribution in [2.45, 2.75) is 51.1 Å². The minimum atomic E-state index is -0.0864. The van der Waals surface area contributed by atoms with Crippen molar-refractivity contribution in [3.63, 3.8) is 0 Å². The lowest BCUT2D eigenvalue weighted by Crippen LogP contribution is -2.46. The molecule has 1 atom stereocenters. The molecule has 2 aromatic rings. The molecule has 7 heteroatoms. The van der Waals surface area contributed by atoms with Gasteiger partial charge in [0.25, 0.3) is 5.56 Å². The Bertz CT molecular complexity index is 748. The Hall–Kier alpha value is -1.73. The number of hydrogen-bond donors (Lipinski definition) is 2. The van der Waals surface area contributed by atoms with Crippen molar-refractivity contribution in [1.29, 1.82) is 0 Å². The van der Waals surface area contributed by atoms with E-state index in [1.807, 2.05) is 5.38 Å². The molecule has 2 heterocycles. The first-order valence-electron chi connectivity index (χ1n) is 8.61. The molecule has 0 aliphatic heterocycles. The predicted molar refractivity (Wildman–Crippen MR) is 96.1 cm³/mol. The van der Waals surface area contributed by atoms with Gasteiger partial charge in [-0.3, -0.25) is 14.2 Å². The zero-order chi connectivity index (χ0) is 16.9. The Morgan fingerprint density at radius 2 is 2.21 bits per heavy atom. The smallest absolute Gasteiger partial charge is 0.262 e. The van der Waals surface area contributed by atoms with Crippen molar-refractivity contribution in [2.24, 2.45) is 11.7 Å². The van der Waals surface area contributed by atoms with Gasteiger partial charge in [-0.2, -0.15) is 0 Å². The van der Waals surface area contributed by atoms with E-state index in [4.69, 9.17) is 5.73 Å². The number of amides is 1. The topological polar surface area (TPSA) is 90.0 Å². The third-order valence-electron chi connectivity index (χ3n) is 4.85. The summed E-state index contributed by atoms with van der Waals surface area (Å²) in [5.74, 6) is 0.438. The fourth-order valence-electron chi connectivity index (χ4n) is 3.46. The number of nitrogens with one attached hydrogen (secondary N) is 1. The van der Waals surface area contributed by atoms with E-state index in [2.05, 4.69) is 10.3 Å². The van der Waals surface area contributed by atoms with Crippen molar-refractivity contribution in [3.05, 3.63) is 28.1 Å². The molecule has 1 saturated carbocycles. The van der Waals surface area contributed by atoms with Crippen LogP contribution in [0.1, 0.15) is 38.5 Å². The van der Waals surface area contributed by atoms with Crippen molar-refractivity contribution in [3.8, 4) is 0 Å². The van der Waals surface area contributed by atoms with Crippen LogP contribution < -0.4 is 16.6 Å². The molecule has 6 nitrogen and oxygen atoms in total. The van der Waals surface area contributed by atoms with Gasteiger partial charge in [0, 0.05) is 25.6 Å². The number of rotatable bonds is 6. The summed E-state index contributed by atoms with van der Waals surface area (Å²) >= 11 is 1.44. The number of aromatic nitrogens is 2. The highest BCUT2D eigenvalue weighted by molar-refractivity contribution is 7.16. The summed E-state index contributed by atoms with van der Waals surface area (Å²) in [4.78, 5) is 29.6.